The Morgan fingerprint density at radius 1 is 1.39 bits per heavy atom. The minimum atomic E-state index is 0.761. The van der Waals surface area contributed by atoms with E-state index < -0.39 is 0 Å². The molecule has 2 aromatic heterocycles. The summed E-state index contributed by atoms with van der Waals surface area (Å²) in [5.41, 5.74) is 2.14. The van der Waals surface area contributed by atoms with Crippen LogP contribution in [0.3, 0.4) is 0 Å². The molecule has 3 heterocycles. The van der Waals surface area contributed by atoms with Gasteiger partial charge in [-0.05, 0) is 37.9 Å². The Balaban J connectivity index is 1.71. The van der Waals surface area contributed by atoms with Crippen LogP contribution in [0, 0.1) is 5.92 Å². The van der Waals surface area contributed by atoms with Crippen LogP contribution in [0.1, 0.15) is 18.7 Å². The van der Waals surface area contributed by atoms with Crippen LogP contribution < -0.4 is 5.32 Å². The molecule has 0 amide bonds. The molecule has 5 nitrogen and oxygen atoms in total. The molecule has 0 radical (unpaired) electrons. The zero-order valence-electron chi connectivity index (χ0n) is 10.7. The standard InChI is InChI=1S/C13H19N5/c1-18-12(4-7-16-18)11-9-15-13(17-11)8-10-2-5-14-6-3-10/h4,7,9-10,14H,2-3,5-6,8H2,1H3,(H,15,17). The molecule has 0 unspecified atom stereocenters. The number of nitrogens with one attached hydrogen (secondary N) is 2. The Morgan fingerprint density at radius 2 is 2.22 bits per heavy atom. The summed E-state index contributed by atoms with van der Waals surface area (Å²) in [4.78, 5) is 7.90. The van der Waals surface area contributed by atoms with E-state index in [2.05, 4.69) is 20.4 Å². The number of hydrogen-bond acceptors (Lipinski definition) is 3. The lowest BCUT2D eigenvalue weighted by atomic mass is 9.94. The summed E-state index contributed by atoms with van der Waals surface area (Å²) in [7, 11) is 1.95. The molecule has 1 aliphatic rings. The molecule has 1 fully saturated rings. The smallest absolute Gasteiger partial charge is 0.106 e. The molecule has 0 aromatic carbocycles. The third kappa shape index (κ3) is 2.31. The van der Waals surface area contributed by atoms with E-state index in [4.69, 9.17) is 0 Å². The molecule has 5 heteroatoms. The summed E-state index contributed by atoms with van der Waals surface area (Å²) in [6.45, 7) is 2.28. The Bertz CT molecular complexity index is 507. The van der Waals surface area contributed by atoms with Crippen LogP contribution in [0.25, 0.3) is 11.4 Å². The maximum atomic E-state index is 4.49. The van der Waals surface area contributed by atoms with Gasteiger partial charge >= 0.3 is 0 Å². The second kappa shape index (κ2) is 4.94. The van der Waals surface area contributed by atoms with E-state index in [1.165, 1.54) is 12.8 Å². The molecule has 1 saturated heterocycles. The first-order valence-corrected chi connectivity index (χ1v) is 6.56. The lowest BCUT2D eigenvalue weighted by Gasteiger charge is -2.21. The summed E-state index contributed by atoms with van der Waals surface area (Å²) >= 11 is 0. The predicted molar refractivity (Wildman–Crippen MR) is 70.1 cm³/mol. The lowest BCUT2D eigenvalue weighted by Crippen LogP contribution is -2.28. The van der Waals surface area contributed by atoms with Gasteiger partial charge in [0.2, 0.25) is 0 Å². The Morgan fingerprint density at radius 3 is 2.94 bits per heavy atom. The molecule has 3 rings (SSSR count). The number of piperidine rings is 1. The molecule has 0 saturated carbocycles. The molecule has 0 atom stereocenters. The van der Waals surface area contributed by atoms with Gasteiger partial charge in [0, 0.05) is 19.7 Å². The van der Waals surface area contributed by atoms with E-state index in [-0.39, 0.29) is 0 Å². The molecule has 1 aliphatic heterocycles. The van der Waals surface area contributed by atoms with Gasteiger partial charge in [0.1, 0.15) is 5.82 Å². The van der Waals surface area contributed by atoms with Crippen LogP contribution in [0.2, 0.25) is 0 Å². The summed E-state index contributed by atoms with van der Waals surface area (Å²) < 4.78 is 1.86. The third-order valence-electron chi connectivity index (χ3n) is 3.67. The van der Waals surface area contributed by atoms with Gasteiger partial charge in [-0.2, -0.15) is 5.10 Å². The highest BCUT2D eigenvalue weighted by Gasteiger charge is 2.15. The van der Waals surface area contributed by atoms with Crippen molar-refractivity contribution < 1.29 is 0 Å². The van der Waals surface area contributed by atoms with Crippen molar-refractivity contribution >= 4 is 0 Å². The molecule has 0 spiro atoms. The summed E-state index contributed by atoms with van der Waals surface area (Å²) in [6.07, 6.45) is 7.28. The van der Waals surface area contributed by atoms with Gasteiger partial charge < -0.3 is 10.3 Å². The number of aromatic nitrogens is 4. The second-order valence-corrected chi connectivity index (χ2v) is 4.98. The number of aryl methyl sites for hydroxylation is 1. The number of rotatable bonds is 3. The normalized spacial score (nSPS) is 17.2. The maximum absolute atomic E-state index is 4.49. The summed E-state index contributed by atoms with van der Waals surface area (Å²) in [5, 5.41) is 7.57. The molecule has 96 valence electrons. The Kier molecular flexibility index (Phi) is 3.15. The highest BCUT2D eigenvalue weighted by atomic mass is 15.3. The zero-order chi connectivity index (χ0) is 12.4. The molecular formula is C13H19N5. The first-order chi connectivity index (χ1) is 8.83. The van der Waals surface area contributed by atoms with Crippen molar-refractivity contribution in [3.8, 4) is 11.4 Å². The number of aromatic amines is 1. The van der Waals surface area contributed by atoms with E-state index in [0.717, 1.165) is 42.6 Å². The molecular weight excluding hydrogens is 226 g/mol. The van der Waals surface area contributed by atoms with Crippen LogP contribution in [0.15, 0.2) is 18.5 Å². The monoisotopic (exact) mass is 245 g/mol. The van der Waals surface area contributed by atoms with Gasteiger partial charge in [0.25, 0.3) is 0 Å². The predicted octanol–water partition coefficient (Wildman–Crippen LogP) is 1.35. The first kappa shape index (κ1) is 11.5. The van der Waals surface area contributed by atoms with E-state index in [1.807, 2.05) is 30.2 Å². The van der Waals surface area contributed by atoms with Crippen LogP contribution in [-0.2, 0) is 13.5 Å². The Labute approximate surface area is 107 Å². The van der Waals surface area contributed by atoms with Gasteiger partial charge in [0.15, 0.2) is 0 Å². The van der Waals surface area contributed by atoms with Gasteiger partial charge in [-0.25, -0.2) is 4.98 Å². The van der Waals surface area contributed by atoms with Crippen molar-refractivity contribution in [2.45, 2.75) is 19.3 Å². The van der Waals surface area contributed by atoms with E-state index in [1.54, 1.807) is 0 Å². The molecule has 2 N–H and O–H groups in total. The lowest BCUT2D eigenvalue weighted by molar-refractivity contribution is 0.368. The number of nitrogens with zero attached hydrogens (tertiary/aromatic N) is 3. The average molecular weight is 245 g/mol. The van der Waals surface area contributed by atoms with Crippen molar-refractivity contribution in [3.05, 3.63) is 24.3 Å². The highest BCUT2D eigenvalue weighted by molar-refractivity contribution is 5.53. The van der Waals surface area contributed by atoms with Crippen LogP contribution in [0.5, 0.6) is 0 Å². The van der Waals surface area contributed by atoms with Crippen molar-refractivity contribution in [2.24, 2.45) is 13.0 Å². The summed E-state index contributed by atoms with van der Waals surface area (Å²) in [6, 6.07) is 2.00. The minimum Gasteiger partial charge on any atom is -0.341 e. The van der Waals surface area contributed by atoms with Gasteiger partial charge in [-0.15, -0.1) is 0 Å². The van der Waals surface area contributed by atoms with E-state index >= 15 is 0 Å². The fourth-order valence-electron chi connectivity index (χ4n) is 2.59. The van der Waals surface area contributed by atoms with Crippen molar-refractivity contribution in [1.29, 1.82) is 0 Å². The Hall–Kier alpha value is -1.62. The van der Waals surface area contributed by atoms with E-state index in [0.29, 0.717) is 0 Å². The molecule has 0 bridgehead atoms. The average Bonchev–Trinajstić information content (AvgIpc) is 2.99. The number of hydrogen-bond donors (Lipinski definition) is 2. The van der Waals surface area contributed by atoms with E-state index in [9.17, 15) is 0 Å². The van der Waals surface area contributed by atoms with Crippen molar-refractivity contribution in [2.75, 3.05) is 13.1 Å². The van der Waals surface area contributed by atoms with Crippen molar-refractivity contribution in [3.63, 3.8) is 0 Å². The van der Waals surface area contributed by atoms with Gasteiger partial charge in [-0.1, -0.05) is 0 Å². The topological polar surface area (TPSA) is 58.5 Å². The van der Waals surface area contributed by atoms with Crippen LogP contribution in [-0.4, -0.2) is 32.8 Å². The van der Waals surface area contributed by atoms with Gasteiger partial charge in [-0.3, -0.25) is 4.68 Å². The van der Waals surface area contributed by atoms with Crippen molar-refractivity contribution in [1.82, 2.24) is 25.1 Å². The van der Waals surface area contributed by atoms with Gasteiger partial charge in [0.05, 0.1) is 17.6 Å². The van der Waals surface area contributed by atoms with Crippen LogP contribution >= 0.6 is 0 Å². The maximum Gasteiger partial charge on any atom is 0.106 e. The fourth-order valence-corrected chi connectivity index (χ4v) is 2.59. The largest absolute Gasteiger partial charge is 0.341 e. The quantitative estimate of drug-likeness (QED) is 0.858. The fraction of sp³-hybridized carbons (Fsp3) is 0.538. The molecule has 0 aliphatic carbocycles. The number of H-pyrrole nitrogens is 1. The summed E-state index contributed by atoms with van der Waals surface area (Å²) in [5.74, 6) is 1.86. The second-order valence-electron chi connectivity index (χ2n) is 4.98. The SMILES string of the molecule is Cn1nccc1-c1cnc(CC2CCNCC2)[nH]1. The highest BCUT2D eigenvalue weighted by Crippen LogP contribution is 2.19. The van der Waals surface area contributed by atoms with Crippen LogP contribution in [0.4, 0.5) is 0 Å². The molecule has 2 aromatic rings. The first-order valence-electron chi connectivity index (χ1n) is 6.56. The zero-order valence-corrected chi connectivity index (χ0v) is 10.7. The third-order valence-corrected chi connectivity index (χ3v) is 3.67. The minimum absolute atomic E-state index is 0.761. The number of imidazole rings is 1. The molecule has 18 heavy (non-hydrogen) atoms.